The van der Waals surface area contributed by atoms with E-state index in [0.717, 1.165) is 64.5 Å². The molecule has 0 N–H and O–H groups in total. The van der Waals surface area contributed by atoms with Gasteiger partial charge in [-0.3, -0.25) is 4.90 Å². The lowest BCUT2D eigenvalue weighted by Crippen LogP contribution is -2.45. The zero-order valence-electron chi connectivity index (χ0n) is 25.3. The highest BCUT2D eigenvalue weighted by atomic mass is 35.5. The van der Waals surface area contributed by atoms with Crippen molar-refractivity contribution in [3.8, 4) is 28.7 Å². The highest BCUT2D eigenvalue weighted by molar-refractivity contribution is 6.43. The molecular weight excluding hydrogens is 601 g/mol. The Morgan fingerprint density at radius 1 is 0.773 bits per heavy atom. The summed E-state index contributed by atoms with van der Waals surface area (Å²) >= 11 is 12.6. The van der Waals surface area contributed by atoms with Crippen molar-refractivity contribution in [2.45, 2.75) is 36.4 Å². The molecule has 0 amide bonds. The fourth-order valence-corrected chi connectivity index (χ4v) is 6.09. The van der Waals surface area contributed by atoms with Crippen molar-refractivity contribution in [3.05, 3.63) is 90.0 Å². The van der Waals surface area contributed by atoms with Gasteiger partial charge in [0.15, 0.2) is 16.5 Å². The van der Waals surface area contributed by atoms with Crippen molar-refractivity contribution in [1.29, 1.82) is 0 Å². The van der Waals surface area contributed by atoms with Crippen LogP contribution in [-0.4, -0.2) is 63.6 Å². The van der Waals surface area contributed by atoms with E-state index in [9.17, 15) is 0 Å². The first-order chi connectivity index (χ1) is 21.5. The van der Waals surface area contributed by atoms with Gasteiger partial charge in [-0.15, -0.1) is 0 Å². The van der Waals surface area contributed by atoms with E-state index in [1.165, 1.54) is 5.56 Å². The van der Waals surface area contributed by atoms with E-state index in [4.69, 9.17) is 51.6 Å². The van der Waals surface area contributed by atoms with Gasteiger partial charge in [0, 0.05) is 41.8 Å². The molecule has 0 aromatic heterocycles. The normalized spacial score (nSPS) is 17.0. The predicted octanol–water partition coefficient (Wildman–Crippen LogP) is 7.85. The molecule has 1 aliphatic rings. The van der Waals surface area contributed by atoms with Gasteiger partial charge in [0.25, 0.3) is 0 Å². The Hall–Kier alpha value is -3.36. The van der Waals surface area contributed by atoms with Crippen LogP contribution >= 0.6 is 23.2 Å². The first-order valence-electron chi connectivity index (χ1n) is 14.8. The molecule has 4 aromatic carbocycles. The third-order valence-corrected chi connectivity index (χ3v) is 8.52. The van der Waals surface area contributed by atoms with Gasteiger partial charge in [-0.2, -0.15) is 0 Å². The standard InChI is InChI=1S/C35H39Cl2NO6/c1-39-30-11-6-7-12-31(30)43-20-8-19-42-26-15-13-24(14-16-26)27-17-18-38(35(36)37)22-33(27)44-23-25-21-32(40-2)28-9-4-5-10-29(28)34(25)41-3/h4-7,9-16,21,27,33,35H,8,17-20,22-23H2,1-3H3. The molecule has 0 saturated carbocycles. The molecule has 2 unspecified atom stereocenters. The van der Waals surface area contributed by atoms with Crippen LogP contribution in [0.4, 0.5) is 0 Å². The lowest BCUT2D eigenvalue weighted by atomic mass is 9.87. The molecular formula is C35H39Cl2NO6. The zero-order valence-corrected chi connectivity index (χ0v) is 26.9. The maximum absolute atomic E-state index is 6.63. The molecule has 4 aromatic rings. The summed E-state index contributed by atoms with van der Waals surface area (Å²) in [6.07, 6.45) is 1.47. The number of ether oxygens (including phenoxy) is 6. The summed E-state index contributed by atoms with van der Waals surface area (Å²) in [5, 5.41) is 1.98. The molecule has 1 saturated heterocycles. The largest absolute Gasteiger partial charge is 0.496 e. The summed E-state index contributed by atoms with van der Waals surface area (Å²) in [4.78, 5) is 1.44. The third kappa shape index (κ3) is 7.64. The molecule has 1 heterocycles. The molecule has 2 atom stereocenters. The minimum Gasteiger partial charge on any atom is -0.496 e. The number of alkyl halides is 2. The van der Waals surface area contributed by atoms with E-state index in [1.807, 2.05) is 71.6 Å². The van der Waals surface area contributed by atoms with Gasteiger partial charge in [0.05, 0.1) is 47.3 Å². The number of fused-ring (bicyclic) bond motifs is 1. The van der Waals surface area contributed by atoms with Crippen LogP contribution in [0.5, 0.6) is 28.7 Å². The Balaban J connectivity index is 1.23. The number of para-hydroxylation sites is 2. The first-order valence-corrected chi connectivity index (χ1v) is 15.6. The number of hydrogen-bond donors (Lipinski definition) is 0. The number of hydrogen-bond acceptors (Lipinski definition) is 7. The highest BCUT2D eigenvalue weighted by Gasteiger charge is 2.33. The minimum absolute atomic E-state index is 0.134. The molecule has 7 nitrogen and oxygen atoms in total. The highest BCUT2D eigenvalue weighted by Crippen LogP contribution is 2.39. The van der Waals surface area contributed by atoms with Crippen molar-refractivity contribution in [3.63, 3.8) is 0 Å². The van der Waals surface area contributed by atoms with Crippen molar-refractivity contribution in [2.24, 2.45) is 0 Å². The summed E-state index contributed by atoms with van der Waals surface area (Å²) in [6, 6.07) is 25.9. The van der Waals surface area contributed by atoms with Crippen LogP contribution in [0.15, 0.2) is 78.9 Å². The van der Waals surface area contributed by atoms with Gasteiger partial charge in [-0.25, -0.2) is 0 Å². The number of piperidine rings is 1. The summed E-state index contributed by atoms with van der Waals surface area (Å²) in [5.41, 5.74) is 2.11. The van der Waals surface area contributed by atoms with Crippen LogP contribution in [0.1, 0.15) is 29.9 Å². The van der Waals surface area contributed by atoms with Gasteiger partial charge in [0.2, 0.25) is 0 Å². The van der Waals surface area contributed by atoms with E-state index in [1.54, 1.807) is 21.3 Å². The third-order valence-electron chi connectivity index (χ3n) is 7.97. The summed E-state index contributed by atoms with van der Waals surface area (Å²) in [6.45, 7) is 2.82. The van der Waals surface area contributed by atoms with Gasteiger partial charge in [-0.05, 0) is 42.3 Å². The second-order valence-corrected chi connectivity index (χ2v) is 11.7. The number of rotatable bonds is 14. The van der Waals surface area contributed by atoms with Crippen molar-refractivity contribution >= 4 is 34.0 Å². The summed E-state index contributed by atoms with van der Waals surface area (Å²) < 4.78 is 35.4. The molecule has 0 bridgehead atoms. The molecule has 5 rings (SSSR count). The van der Waals surface area contributed by atoms with Crippen LogP contribution in [-0.2, 0) is 11.3 Å². The van der Waals surface area contributed by atoms with Crippen LogP contribution in [0.3, 0.4) is 0 Å². The topological polar surface area (TPSA) is 58.6 Å². The maximum Gasteiger partial charge on any atom is 0.161 e. The minimum atomic E-state index is -0.597. The number of likely N-dealkylation sites (tertiary alicyclic amines) is 1. The second-order valence-electron chi connectivity index (χ2n) is 10.6. The lowest BCUT2D eigenvalue weighted by Gasteiger charge is -2.39. The fourth-order valence-electron chi connectivity index (χ4n) is 5.73. The van der Waals surface area contributed by atoms with E-state index in [0.29, 0.717) is 26.4 Å². The average Bonchev–Trinajstić information content (AvgIpc) is 3.07. The van der Waals surface area contributed by atoms with Crippen LogP contribution < -0.4 is 23.7 Å². The van der Waals surface area contributed by atoms with Crippen molar-refractivity contribution in [1.82, 2.24) is 4.90 Å². The fraction of sp³-hybridized carbons (Fsp3) is 0.371. The maximum atomic E-state index is 6.63. The number of nitrogens with zero attached hydrogens (tertiary/aromatic N) is 1. The quantitative estimate of drug-likeness (QED) is 0.0791. The van der Waals surface area contributed by atoms with E-state index in [-0.39, 0.29) is 12.0 Å². The molecule has 9 heteroatoms. The van der Waals surface area contributed by atoms with Crippen molar-refractivity contribution in [2.75, 3.05) is 47.6 Å². The van der Waals surface area contributed by atoms with Gasteiger partial charge < -0.3 is 28.4 Å². The van der Waals surface area contributed by atoms with E-state index < -0.39 is 4.96 Å². The summed E-state index contributed by atoms with van der Waals surface area (Å²) in [5.74, 6) is 4.00. The second kappa shape index (κ2) is 15.6. The monoisotopic (exact) mass is 639 g/mol. The predicted molar refractivity (Wildman–Crippen MR) is 175 cm³/mol. The Kier molecular flexibility index (Phi) is 11.3. The van der Waals surface area contributed by atoms with E-state index >= 15 is 0 Å². The summed E-state index contributed by atoms with van der Waals surface area (Å²) in [7, 11) is 5.00. The Morgan fingerprint density at radius 2 is 1.45 bits per heavy atom. The zero-order chi connectivity index (χ0) is 30.9. The van der Waals surface area contributed by atoms with Gasteiger partial charge >= 0.3 is 0 Å². The average molecular weight is 641 g/mol. The Labute approximate surface area is 269 Å². The number of benzene rings is 4. The van der Waals surface area contributed by atoms with E-state index in [2.05, 4.69) is 12.1 Å². The molecule has 1 fully saturated rings. The molecule has 0 radical (unpaired) electrons. The Bertz CT molecular complexity index is 1500. The number of methoxy groups -OCH3 is 3. The van der Waals surface area contributed by atoms with Crippen molar-refractivity contribution < 1.29 is 28.4 Å². The molecule has 0 spiro atoms. The molecule has 44 heavy (non-hydrogen) atoms. The first kappa shape index (κ1) is 32.0. The van der Waals surface area contributed by atoms with Gasteiger partial charge in [0.1, 0.15) is 17.2 Å². The van der Waals surface area contributed by atoms with Crippen LogP contribution in [0.25, 0.3) is 10.8 Å². The SMILES string of the molecule is COc1ccccc1OCCCOc1ccc(C2CCN(C(Cl)Cl)CC2OCc2cc(OC)c3ccccc3c2OC)cc1. The van der Waals surface area contributed by atoms with Crippen LogP contribution in [0.2, 0.25) is 0 Å². The smallest absolute Gasteiger partial charge is 0.161 e. The molecule has 0 aliphatic carbocycles. The Morgan fingerprint density at radius 3 is 2.16 bits per heavy atom. The van der Waals surface area contributed by atoms with Gasteiger partial charge in [-0.1, -0.05) is 71.7 Å². The molecule has 1 aliphatic heterocycles. The van der Waals surface area contributed by atoms with Crippen LogP contribution in [0, 0.1) is 0 Å². The lowest BCUT2D eigenvalue weighted by molar-refractivity contribution is -0.0231. The molecule has 234 valence electrons. The number of halogens is 2.